The van der Waals surface area contributed by atoms with Crippen LogP contribution in [0.4, 0.5) is 4.39 Å². The highest BCUT2D eigenvalue weighted by atomic mass is 19.1. The number of ether oxygens (including phenoxy) is 2. The number of hydrogen-bond donors (Lipinski definition) is 1. The molecule has 5 heteroatoms. The molecule has 4 nitrogen and oxygen atoms in total. The minimum absolute atomic E-state index is 0.0729. The number of halogens is 1. The van der Waals surface area contributed by atoms with E-state index in [9.17, 15) is 5.11 Å². The fourth-order valence-electron chi connectivity index (χ4n) is 5.32. The molecule has 3 aromatic carbocycles. The van der Waals surface area contributed by atoms with Crippen LogP contribution in [0.3, 0.4) is 0 Å². The van der Waals surface area contributed by atoms with Gasteiger partial charge in [0.1, 0.15) is 30.0 Å². The molecule has 1 saturated heterocycles. The van der Waals surface area contributed by atoms with Crippen LogP contribution in [0.5, 0.6) is 11.5 Å². The van der Waals surface area contributed by atoms with Gasteiger partial charge in [0.25, 0.3) is 0 Å². The lowest BCUT2D eigenvalue weighted by molar-refractivity contribution is 0.0756. The van der Waals surface area contributed by atoms with Crippen LogP contribution >= 0.6 is 0 Å². The van der Waals surface area contributed by atoms with E-state index in [1.54, 1.807) is 12.1 Å². The second-order valence-electron chi connectivity index (χ2n) is 9.35. The van der Waals surface area contributed by atoms with E-state index < -0.39 is 0 Å². The van der Waals surface area contributed by atoms with Crippen LogP contribution in [0.2, 0.25) is 0 Å². The van der Waals surface area contributed by atoms with Gasteiger partial charge in [-0.05, 0) is 83.1 Å². The normalized spacial score (nSPS) is 18.9. The molecule has 0 saturated carbocycles. The third-order valence-electron chi connectivity index (χ3n) is 7.15. The Kier molecular flexibility index (Phi) is 5.88. The minimum Gasteiger partial charge on any atom is -0.507 e. The van der Waals surface area contributed by atoms with Crippen LogP contribution in [-0.4, -0.2) is 36.2 Å². The average Bonchev–Trinajstić information content (AvgIpc) is 3.35. The molecule has 1 fully saturated rings. The van der Waals surface area contributed by atoms with E-state index in [1.165, 1.54) is 32.0 Å². The second kappa shape index (κ2) is 9.33. The molecule has 2 heterocycles. The van der Waals surface area contributed by atoms with Gasteiger partial charge in [0.15, 0.2) is 0 Å². The van der Waals surface area contributed by atoms with Crippen LogP contribution in [-0.2, 0) is 11.3 Å². The summed E-state index contributed by atoms with van der Waals surface area (Å²) in [6, 6.07) is 17.3. The van der Waals surface area contributed by atoms with Gasteiger partial charge in [0, 0.05) is 17.3 Å². The van der Waals surface area contributed by atoms with Crippen molar-refractivity contribution in [1.29, 1.82) is 0 Å². The molecule has 0 spiro atoms. The van der Waals surface area contributed by atoms with Gasteiger partial charge < -0.3 is 14.6 Å². The minimum atomic E-state index is -0.366. The van der Waals surface area contributed by atoms with Gasteiger partial charge in [-0.3, -0.25) is 4.90 Å². The first kappa shape index (κ1) is 22.1. The molecule has 178 valence electrons. The van der Waals surface area contributed by atoms with Crippen molar-refractivity contribution in [3.05, 3.63) is 98.2 Å². The van der Waals surface area contributed by atoms with Crippen molar-refractivity contribution in [2.75, 3.05) is 26.2 Å². The highest BCUT2D eigenvalue weighted by Gasteiger charge is 2.22. The zero-order valence-corrected chi connectivity index (χ0v) is 19.5. The molecule has 0 radical (unpaired) electrons. The van der Waals surface area contributed by atoms with Crippen molar-refractivity contribution in [3.63, 3.8) is 0 Å². The summed E-state index contributed by atoms with van der Waals surface area (Å²) in [7, 11) is 0. The van der Waals surface area contributed by atoms with E-state index >= 15 is 4.39 Å². The summed E-state index contributed by atoms with van der Waals surface area (Å²) in [5.41, 5.74) is 2.17. The van der Waals surface area contributed by atoms with Gasteiger partial charge in [-0.1, -0.05) is 42.5 Å². The molecule has 1 unspecified atom stereocenters. The molecular formula is C30H28FNO3. The van der Waals surface area contributed by atoms with Crippen molar-refractivity contribution in [2.45, 2.75) is 25.6 Å². The first-order chi connectivity index (χ1) is 17.2. The lowest BCUT2D eigenvalue weighted by atomic mass is 9.95. The molecule has 0 amide bonds. The highest BCUT2D eigenvalue weighted by Crippen LogP contribution is 2.32. The van der Waals surface area contributed by atoms with Crippen molar-refractivity contribution in [3.8, 4) is 11.5 Å². The molecule has 0 bridgehead atoms. The number of allylic oxidation sites excluding steroid dienone is 1. The topological polar surface area (TPSA) is 41.9 Å². The van der Waals surface area contributed by atoms with Crippen molar-refractivity contribution in [2.24, 2.45) is 0 Å². The lowest BCUT2D eigenvalue weighted by Crippen LogP contribution is -2.25. The zero-order chi connectivity index (χ0) is 23.8. The Balaban J connectivity index is 1.31. The Morgan fingerprint density at radius 3 is 2.63 bits per heavy atom. The number of aromatic hydroxyl groups is 1. The number of nitrogens with zero attached hydrogens (tertiary/aromatic N) is 1. The van der Waals surface area contributed by atoms with E-state index in [0.717, 1.165) is 39.1 Å². The van der Waals surface area contributed by atoms with E-state index in [0.29, 0.717) is 17.4 Å². The monoisotopic (exact) mass is 469 g/mol. The van der Waals surface area contributed by atoms with E-state index in [4.69, 9.17) is 9.47 Å². The Bertz CT molecular complexity index is 1500. The SMILES string of the molecule is Oc1cc2c(c3c1=c1ccccc1=CC=C3F)COC(c1ccc(OCCN3CCCC3)cc1)C=2. The molecule has 1 N–H and O–H groups in total. The van der Waals surface area contributed by atoms with Crippen molar-refractivity contribution >= 4 is 18.0 Å². The second-order valence-corrected chi connectivity index (χ2v) is 9.35. The number of likely N-dealkylation sites (tertiary alicyclic amines) is 1. The van der Waals surface area contributed by atoms with Crippen LogP contribution < -0.4 is 15.2 Å². The van der Waals surface area contributed by atoms with Gasteiger partial charge in [-0.2, -0.15) is 0 Å². The molecule has 3 aliphatic rings. The van der Waals surface area contributed by atoms with Crippen molar-refractivity contribution in [1.82, 2.24) is 4.90 Å². The number of hydrogen-bond acceptors (Lipinski definition) is 4. The molecule has 6 rings (SSSR count). The maximum absolute atomic E-state index is 15.3. The first-order valence-electron chi connectivity index (χ1n) is 12.3. The maximum atomic E-state index is 15.3. The third kappa shape index (κ3) is 4.26. The molecule has 1 atom stereocenters. The van der Waals surface area contributed by atoms with Gasteiger partial charge in [-0.15, -0.1) is 0 Å². The van der Waals surface area contributed by atoms with E-state index in [2.05, 4.69) is 4.90 Å². The Hall–Kier alpha value is -3.41. The summed E-state index contributed by atoms with van der Waals surface area (Å²) in [5, 5.41) is 14.0. The van der Waals surface area contributed by atoms with E-state index in [1.807, 2.05) is 54.6 Å². The molecule has 35 heavy (non-hydrogen) atoms. The number of phenolic OH excluding ortho intramolecular Hbond substituents is 1. The van der Waals surface area contributed by atoms with Gasteiger partial charge in [0.2, 0.25) is 0 Å². The fourth-order valence-corrected chi connectivity index (χ4v) is 5.32. The summed E-state index contributed by atoms with van der Waals surface area (Å²) >= 11 is 0. The maximum Gasteiger partial charge on any atom is 0.131 e. The van der Waals surface area contributed by atoms with Gasteiger partial charge in [0.05, 0.1) is 6.61 Å². The zero-order valence-electron chi connectivity index (χ0n) is 19.5. The van der Waals surface area contributed by atoms with Crippen LogP contribution in [0.15, 0.2) is 60.7 Å². The molecule has 1 aliphatic carbocycles. The van der Waals surface area contributed by atoms with E-state index in [-0.39, 0.29) is 24.3 Å². The Morgan fingerprint density at radius 1 is 1.00 bits per heavy atom. The molecular weight excluding hydrogens is 441 g/mol. The predicted octanol–water partition coefficient (Wildman–Crippen LogP) is 4.31. The smallest absolute Gasteiger partial charge is 0.131 e. The molecule has 3 aromatic rings. The number of benzene rings is 3. The largest absolute Gasteiger partial charge is 0.507 e. The van der Waals surface area contributed by atoms with Crippen molar-refractivity contribution < 1.29 is 19.0 Å². The standard InChI is InChI=1S/C30H28FNO3/c31-26-12-9-20-5-1-2-6-24(20)30-27(33)17-22-18-28(35-19-25(22)29(26)30)21-7-10-23(11-8-21)34-16-15-32-13-3-4-14-32/h1-2,5-12,17-18,28,33H,3-4,13-16,19H2. The quantitative estimate of drug-likeness (QED) is 0.605. The number of fused-ring (bicyclic) bond motifs is 4. The first-order valence-corrected chi connectivity index (χ1v) is 12.3. The highest BCUT2D eigenvalue weighted by molar-refractivity contribution is 5.72. The van der Waals surface area contributed by atoms with Crippen LogP contribution in [0.1, 0.15) is 35.6 Å². The summed E-state index contributed by atoms with van der Waals surface area (Å²) < 4.78 is 27.4. The average molecular weight is 470 g/mol. The van der Waals surface area contributed by atoms with Crippen LogP contribution in [0.25, 0.3) is 18.0 Å². The van der Waals surface area contributed by atoms with Gasteiger partial charge in [-0.25, -0.2) is 4.39 Å². The number of rotatable bonds is 5. The fraction of sp³-hybridized carbons (Fsp3) is 0.267. The summed E-state index contributed by atoms with van der Waals surface area (Å²) in [6.07, 6.45) is 7.46. The van der Waals surface area contributed by atoms with Crippen LogP contribution in [0, 0.1) is 10.4 Å². The molecule has 0 aromatic heterocycles. The molecule has 2 aliphatic heterocycles. The number of phenols is 1. The third-order valence-corrected chi connectivity index (χ3v) is 7.15. The lowest BCUT2D eigenvalue weighted by Gasteiger charge is -2.23. The van der Waals surface area contributed by atoms with Gasteiger partial charge >= 0.3 is 0 Å². The Morgan fingerprint density at radius 2 is 1.80 bits per heavy atom. The predicted molar refractivity (Wildman–Crippen MR) is 135 cm³/mol. The summed E-state index contributed by atoms with van der Waals surface area (Å²) in [6.45, 7) is 4.24. The summed E-state index contributed by atoms with van der Waals surface area (Å²) in [4.78, 5) is 2.43. The summed E-state index contributed by atoms with van der Waals surface area (Å²) in [5.74, 6) is 0.548. The Labute approximate surface area is 203 Å².